The number of methoxy groups -OCH3 is 4. The molecule has 0 spiro atoms. The Balaban J connectivity index is 1.71. The third-order valence-corrected chi connectivity index (χ3v) is 9.15. The van der Waals surface area contributed by atoms with E-state index in [1.54, 1.807) is 20.4 Å². The summed E-state index contributed by atoms with van der Waals surface area (Å²) in [6.07, 6.45) is 1.96. The molecule has 0 saturated carbocycles. The van der Waals surface area contributed by atoms with E-state index in [0.29, 0.717) is 21.7 Å². The number of benzene rings is 2. The minimum Gasteiger partial charge on any atom is -0.469 e. The van der Waals surface area contributed by atoms with Gasteiger partial charge in [-0.3, -0.25) is 18.7 Å². The van der Waals surface area contributed by atoms with E-state index in [0.717, 1.165) is 15.5 Å². The van der Waals surface area contributed by atoms with Gasteiger partial charge in [-0.1, -0.05) is 59.9 Å². The average molecular weight is 609 g/mol. The monoisotopic (exact) mass is 608 g/mol. The molecule has 5 rings (SSSR count). The summed E-state index contributed by atoms with van der Waals surface area (Å²) < 4.78 is 25.6. The first kappa shape index (κ1) is 29.9. The molecule has 2 aromatic heterocycles. The normalized spacial score (nSPS) is 18.0. The second-order valence-electron chi connectivity index (χ2n) is 9.57. The zero-order valence-corrected chi connectivity index (χ0v) is 25.4. The van der Waals surface area contributed by atoms with Crippen molar-refractivity contribution in [1.82, 2.24) is 19.1 Å². The van der Waals surface area contributed by atoms with Crippen LogP contribution in [0.5, 0.6) is 0 Å². The predicted molar refractivity (Wildman–Crippen MR) is 156 cm³/mol. The fourth-order valence-corrected chi connectivity index (χ4v) is 7.11. The fourth-order valence-electron chi connectivity index (χ4n) is 5.31. The first-order valence-corrected chi connectivity index (χ1v) is 14.9. The van der Waals surface area contributed by atoms with Gasteiger partial charge in [0, 0.05) is 36.1 Å². The SMILES string of the molecule is COCn1c([C@@H]2c3nc(Sc4ccccc4)n(COC)c3C[C@H](C(=O)OC)[C@H]2C(=O)OC)cnc1Sc1ccccc1. The summed E-state index contributed by atoms with van der Waals surface area (Å²) in [5.74, 6) is -3.43. The molecule has 2 heterocycles. The zero-order valence-electron chi connectivity index (χ0n) is 23.8. The van der Waals surface area contributed by atoms with Crippen LogP contribution in [0.3, 0.4) is 0 Å². The van der Waals surface area contributed by atoms with Gasteiger partial charge in [0.05, 0.1) is 49.6 Å². The summed E-state index contributed by atoms with van der Waals surface area (Å²) >= 11 is 2.97. The van der Waals surface area contributed by atoms with E-state index >= 15 is 0 Å². The molecule has 0 amide bonds. The molecule has 42 heavy (non-hydrogen) atoms. The number of hydrogen-bond donors (Lipinski definition) is 0. The van der Waals surface area contributed by atoms with E-state index in [1.165, 1.54) is 37.7 Å². The van der Waals surface area contributed by atoms with Crippen LogP contribution < -0.4 is 0 Å². The molecule has 10 nitrogen and oxygen atoms in total. The van der Waals surface area contributed by atoms with Crippen LogP contribution in [0.15, 0.2) is 87.0 Å². The van der Waals surface area contributed by atoms with Gasteiger partial charge in [-0.25, -0.2) is 9.97 Å². The molecule has 1 aliphatic rings. The Bertz CT molecular complexity index is 1530. The summed E-state index contributed by atoms with van der Waals surface area (Å²) in [7, 11) is 5.87. The van der Waals surface area contributed by atoms with Crippen molar-refractivity contribution in [3.8, 4) is 0 Å². The number of carbonyl (C=O) groups is 2. The van der Waals surface area contributed by atoms with Gasteiger partial charge >= 0.3 is 11.9 Å². The summed E-state index contributed by atoms with van der Waals surface area (Å²) in [5, 5.41) is 1.36. The Kier molecular flexibility index (Phi) is 9.68. The highest BCUT2D eigenvalue weighted by molar-refractivity contribution is 7.99. The molecule has 0 aliphatic heterocycles. The van der Waals surface area contributed by atoms with Crippen LogP contribution in [0, 0.1) is 11.8 Å². The third kappa shape index (κ3) is 5.98. The fraction of sp³-hybridized carbons (Fsp3) is 0.333. The van der Waals surface area contributed by atoms with Crippen molar-refractivity contribution >= 4 is 35.5 Å². The van der Waals surface area contributed by atoms with Gasteiger partial charge in [0.1, 0.15) is 13.5 Å². The van der Waals surface area contributed by atoms with Crippen molar-refractivity contribution in [1.29, 1.82) is 0 Å². The molecular weight excluding hydrogens is 576 g/mol. The lowest BCUT2D eigenvalue weighted by atomic mass is 9.71. The van der Waals surface area contributed by atoms with Crippen LogP contribution in [0.1, 0.15) is 23.0 Å². The molecular formula is C30H32N4O6S2. The quantitative estimate of drug-likeness (QED) is 0.219. The Morgan fingerprint density at radius 2 is 1.38 bits per heavy atom. The highest BCUT2D eigenvalue weighted by Crippen LogP contribution is 2.47. The van der Waals surface area contributed by atoms with Gasteiger partial charge in [-0.05, 0) is 24.3 Å². The van der Waals surface area contributed by atoms with Crippen molar-refractivity contribution in [2.24, 2.45) is 11.8 Å². The van der Waals surface area contributed by atoms with Gasteiger partial charge < -0.3 is 18.9 Å². The van der Waals surface area contributed by atoms with Crippen LogP contribution in [-0.2, 0) is 48.4 Å². The lowest BCUT2D eigenvalue weighted by molar-refractivity contribution is -0.159. The average Bonchev–Trinajstić information content (AvgIpc) is 3.57. The number of esters is 2. The largest absolute Gasteiger partial charge is 0.469 e. The number of aromatic nitrogens is 4. The lowest BCUT2D eigenvalue weighted by Crippen LogP contribution is -2.42. The Hall–Kier alpha value is -3.58. The molecule has 1 aliphatic carbocycles. The lowest BCUT2D eigenvalue weighted by Gasteiger charge is -2.35. The second-order valence-corrected chi connectivity index (χ2v) is 11.7. The number of carbonyl (C=O) groups excluding carboxylic acids is 2. The van der Waals surface area contributed by atoms with Gasteiger partial charge in [0.15, 0.2) is 10.3 Å². The van der Waals surface area contributed by atoms with E-state index in [2.05, 4.69) is 0 Å². The van der Waals surface area contributed by atoms with Crippen LogP contribution in [0.2, 0.25) is 0 Å². The number of rotatable bonds is 11. The topological polar surface area (TPSA) is 107 Å². The molecule has 0 fully saturated rings. The van der Waals surface area contributed by atoms with Crippen LogP contribution >= 0.6 is 23.5 Å². The maximum Gasteiger partial charge on any atom is 0.310 e. The number of nitrogens with zero attached hydrogens (tertiary/aromatic N) is 4. The van der Waals surface area contributed by atoms with E-state index < -0.39 is 29.7 Å². The Morgan fingerprint density at radius 3 is 1.95 bits per heavy atom. The summed E-state index contributed by atoms with van der Waals surface area (Å²) in [5.41, 5.74) is 2.13. The number of fused-ring (bicyclic) bond motifs is 1. The minimum absolute atomic E-state index is 0.178. The maximum atomic E-state index is 13.5. The molecule has 3 atom stereocenters. The summed E-state index contributed by atoms with van der Waals surface area (Å²) in [4.78, 5) is 38.6. The van der Waals surface area contributed by atoms with E-state index in [4.69, 9.17) is 28.9 Å². The molecule has 0 radical (unpaired) electrons. The van der Waals surface area contributed by atoms with Gasteiger partial charge in [0.2, 0.25) is 0 Å². The second kappa shape index (κ2) is 13.6. The van der Waals surface area contributed by atoms with E-state index in [-0.39, 0.29) is 19.9 Å². The van der Waals surface area contributed by atoms with Gasteiger partial charge in [0.25, 0.3) is 0 Å². The molecule has 0 N–H and O–H groups in total. The van der Waals surface area contributed by atoms with Gasteiger partial charge in [-0.15, -0.1) is 0 Å². The van der Waals surface area contributed by atoms with Crippen LogP contribution in [0.4, 0.5) is 0 Å². The third-order valence-electron chi connectivity index (χ3n) is 7.14. The highest BCUT2D eigenvalue weighted by Gasteiger charge is 2.50. The molecule has 0 unspecified atom stereocenters. The Labute approximate surface area is 252 Å². The zero-order chi connectivity index (χ0) is 29.6. The molecule has 12 heteroatoms. The minimum atomic E-state index is -0.905. The highest BCUT2D eigenvalue weighted by atomic mass is 32.2. The molecule has 2 aromatic carbocycles. The van der Waals surface area contributed by atoms with Crippen LogP contribution in [-0.4, -0.2) is 59.5 Å². The first-order chi connectivity index (χ1) is 20.5. The number of hydrogen-bond acceptors (Lipinski definition) is 10. The standard InChI is InChI=1S/C30H32N4O6S2/c1-37-17-33-22-15-21(27(35)39-3)24(28(36)40-4)25(26(22)32-30(33)42-20-13-9-6-10-14-20)23-16-31-29(34(23)18-38-2)41-19-11-7-5-8-12-19/h5-14,16,21,24-25H,15,17-18H2,1-4H3/t21-,24+,25-/m0/s1. The maximum absolute atomic E-state index is 13.5. The summed E-state index contributed by atoms with van der Waals surface area (Å²) in [6.45, 7) is 0.394. The predicted octanol–water partition coefficient (Wildman–Crippen LogP) is 4.86. The van der Waals surface area contributed by atoms with Crippen LogP contribution in [0.25, 0.3) is 0 Å². The van der Waals surface area contributed by atoms with Crippen molar-refractivity contribution in [2.75, 3.05) is 28.4 Å². The Morgan fingerprint density at radius 1 is 0.810 bits per heavy atom. The van der Waals surface area contributed by atoms with Gasteiger partial charge in [-0.2, -0.15) is 0 Å². The van der Waals surface area contributed by atoms with Crippen molar-refractivity contribution < 1.29 is 28.5 Å². The molecule has 220 valence electrons. The number of imidazole rings is 2. The molecule has 0 bridgehead atoms. The molecule has 4 aromatic rings. The van der Waals surface area contributed by atoms with Crippen molar-refractivity contribution in [2.45, 2.75) is 45.9 Å². The van der Waals surface area contributed by atoms with E-state index in [1.807, 2.05) is 69.8 Å². The first-order valence-electron chi connectivity index (χ1n) is 13.2. The smallest absolute Gasteiger partial charge is 0.310 e. The number of ether oxygens (including phenoxy) is 4. The van der Waals surface area contributed by atoms with Crippen molar-refractivity contribution in [3.63, 3.8) is 0 Å². The summed E-state index contributed by atoms with van der Waals surface area (Å²) in [6, 6.07) is 19.8. The molecule has 0 saturated heterocycles. The van der Waals surface area contributed by atoms with E-state index in [9.17, 15) is 9.59 Å². The van der Waals surface area contributed by atoms with Crippen molar-refractivity contribution in [3.05, 3.63) is 83.9 Å².